The number of ether oxygens (including phenoxy) is 1. The van der Waals surface area contributed by atoms with Gasteiger partial charge in [-0.3, -0.25) is 9.78 Å². The molecule has 2 aromatic rings. The van der Waals surface area contributed by atoms with Crippen molar-refractivity contribution in [2.75, 3.05) is 7.11 Å². The van der Waals surface area contributed by atoms with Gasteiger partial charge in [-0.15, -0.1) is 0 Å². The van der Waals surface area contributed by atoms with Crippen molar-refractivity contribution in [2.24, 2.45) is 0 Å². The Hall–Kier alpha value is -2.24. The van der Waals surface area contributed by atoms with E-state index in [1.165, 1.54) is 7.11 Å². The van der Waals surface area contributed by atoms with E-state index in [0.717, 1.165) is 11.1 Å². The Bertz CT molecular complexity index is 578. The number of nitrogens with zero attached hydrogens (tertiary/aromatic N) is 3. The summed E-state index contributed by atoms with van der Waals surface area (Å²) < 4.78 is 9.50. The fourth-order valence-electron chi connectivity index (χ4n) is 1.57. The maximum atomic E-state index is 11.1. The Morgan fingerprint density at radius 2 is 2.22 bits per heavy atom. The molecule has 0 spiro atoms. The van der Waals surface area contributed by atoms with Crippen molar-refractivity contribution in [3.8, 4) is 11.5 Å². The number of rotatable bonds is 3. The SMILES string of the molecule is COC(=O)Cc1nc(-c2ncc(C)cc2C)no1. The molecular formula is C12H13N3O3. The van der Waals surface area contributed by atoms with E-state index in [1.807, 2.05) is 19.9 Å². The number of aromatic nitrogens is 3. The summed E-state index contributed by atoms with van der Waals surface area (Å²) >= 11 is 0. The molecule has 0 N–H and O–H groups in total. The van der Waals surface area contributed by atoms with Gasteiger partial charge in [0.25, 0.3) is 0 Å². The number of aryl methyl sites for hydroxylation is 2. The van der Waals surface area contributed by atoms with Gasteiger partial charge in [0.1, 0.15) is 12.1 Å². The summed E-state index contributed by atoms with van der Waals surface area (Å²) in [4.78, 5) is 19.5. The van der Waals surface area contributed by atoms with Crippen LogP contribution in [0.15, 0.2) is 16.8 Å². The van der Waals surface area contributed by atoms with Crippen molar-refractivity contribution < 1.29 is 14.1 Å². The number of hydrogen-bond acceptors (Lipinski definition) is 6. The van der Waals surface area contributed by atoms with Crippen LogP contribution in [-0.2, 0) is 16.0 Å². The number of esters is 1. The van der Waals surface area contributed by atoms with Gasteiger partial charge < -0.3 is 9.26 Å². The molecule has 0 aliphatic heterocycles. The van der Waals surface area contributed by atoms with E-state index < -0.39 is 5.97 Å². The van der Waals surface area contributed by atoms with Crippen LogP contribution in [0.3, 0.4) is 0 Å². The molecule has 0 aliphatic carbocycles. The predicted molar refractivity (Wildman–Crippen MR) is 62.7 cm³/mol. The standard InChI is InChI=1S/C12H13N3O3/c1-7-4-8(2)11(13-6-7)12-14-9(18-15-12)5-10(16)17-3/h4,6H,5H2,1-3H3. The van der Waals surface area contributed by atoms with Crippen LogP contribution in [0.5, 0.6) is 0 Å². The first-order chi connectivity index (χ1) is 8.60. The lowest BCUT2D eigenvalue weighted by molar-refractivity contribution is -0.140. The lowest BCUT2D eigenvalue weighted by Gasteiger charge is -2.00. The highest BCUT2D eigenvalue weighted by molar-refractivity contribution is 5.71. The number of hydrogen-bond donors (Lipinski definition) is 0. The van der Waals surface area contributed by atoms with Crippen LogP contribution in [-0.4, -0.2) is 28.2 Å². The van der Waals surface area contributed by atoms with Gasteiger partial charge in [0.15, 0.2) is 0 Å². The molecule has 2 rings (SSSR count). The molecule has 6 heteroatoms. The topological polar surface area (TPSA) is 78.1 Å². The zero-order valence-corrected chi connectivity index (χ0v) is 10.4. The largest absolute Gasteiger partial charge is 0.469 e. The smallest absolute Gasteiger partial charge is 0.315 e. The third-order valence-electron chi connectivity index (χ3n) is 2.42. The molecule has 18 heavy (non-hydrogen) atoms. The lowest BCUT2D eigenvalue weighted by atomic mass is 10.1. The number of carbonyl (C=O) groups excluding carboxylic acids is 1. The third kappa shape index (κ3) is 2.53. The average molecular weight is 247 g/mol. The van der Waals surface area contributed by atoms with E-state index in [0.29, 0.717) is 11.5 Å². The van der Waals surface area contributed by atoms with Crippen LogP contribution >= 0.6 is 0 Å². The Morgan fingerprint density at radius 1 is 1.44 bits per heavy atom. The van der Waals surface area contributed by atoms with E-state index in [1.54, 1.807) is 6.20 Å². The molecule has 0 aromatic carbocycles. The van der Waals surface area contributed by atoms with E-state index in [-0.39, 0.29) is 12.3 Å². The molecule has 0 saturated carbocycles. The second-order valence-electron chi connectivity index (χ2n) is 3.94. The Balaban J connectivity index is 2.26. The van der Waals surface area contributed by atoms with Gasteiger partial charge in [0.05, 0.1) is 7.11 Å². The summed E-state index contributed by atoms with van der Waals surface area (Å²) in [5, 5.41) is 3.81. The highest BCUT2D eigenvalue weighted by atomic mass is 16.5. The van der Waals surface area contributed by atoms with Crippen molar-refractivity contribution in [3.63, 3.8) is 0 Å². The van der Waals surface area contributed by atoms with Crippen LogP contribution in [0.1, 0.15) is 17.0 Å². The van der Waals surface area contributed by atoms with Crippen LogP contribution in [0.25, 0.3) is 11.5 Å². The van der Waals surface area contributed by atoms with Crippen molar-refractivity contribution in [2.45, 2.75) is 20.3 Å². The fraction of sp³-hybridized carbons (Fsp3) is 0.333. The zero-order chi connectivity index (χ0) is 13.1. The minimum atomic E-state index is -0.418. The molecule has 0 unspecified atom stereocenters. The van der Waals surface area contributed by atoms with Crippen molar-refractivity contribution in [1.29, 1.82) is 0 Å². The Kier molecular flexibility index (Phi) is 3.36. The quantitative estimate of drug-likeness (QED) is 0.764. The molecular weight excluding hydrogens is 234 g/mol. The first-order valence-electron chi connectivity index (χ1n) is 5.43. The normalized spacial score (nSPS) is 10.4. The van der Waals surface area contributed by atoms with E-state index in [4.69, 9.17) is 4.52 Å². The Labute approximate surface area is 104 Å². The van der Waals surface area contributed by atoms with Gasteiger partial charge in [0, 0.05) is 6.20 Å². The molecule has 2 aromatic heterocycles. The monoisotopic (exact) mass is 247 g/mol. The summed E-state index contributed by atoms with van der Waals surface area (Å²) in [6.07, 6.45) is 1.70. The fourth-order valence-corrected chi connectivity index (χ4v) is 1.57. The zero-order valence-electron chi connectivity index (χ0n) is 10.4. The van der Waals surface area contributed by atoms with Gasteiger partial charge in [0.2, 0.25) is 11.7 Å². The van der Waals surface area contributed by atoms with Crippen LogP contribution in [0.2, 0.25) is 0 Å². The molecule has 0 radical (unpaired) electrons. The number of pyridine rings is 1. The van der Waals surface area contributed by atoms with Crippen LogP contribution in [0.4, 0.5) is 0 Å². The third-order valence-corrected chi connectivity index (χ3v) is 2.42. The summed E-state index contributed by atoms with van der Waals surface area (Å²) in [7, 11) is 1.31. The maximum absolute atomic E-state index is 11.1. The van der Waals surface area contributed by atoms with Gasteiger partial charge in [-0.25, -0.2) is 0 Å². The molecule has 0 saturated heterocycles. The van der Waals surface area contributed by atoms with Gasteiger partial charge in [-0.1, -0.05) is 11.2 Å². The number of methoxy groups -OCH3 is 1. The van der Waals surface area contributed by atoms with E-state index >= 15 is 0 Å². The van der Waals surface area contributed by atoms with Crippen molar-refractivity contribution in [3.05, 3.63) is 29.3 Å². The molecule has 94 valence electrons. The molecule has 6 nitrogen and oxygen atoms in total. The molecule has 2 heterocycles. The average Bonchev–Trinajstić information content (AvgIpc) is 2.77. The second kappa shape index (κ2) is 4.95. The minimum Gasteiger partial charge on any atom is -0.469 e. The summed E-state index contributed by atoms with van der Waals surface area (Å²) in [6, 6.07) is 1.98. The first-order valence-corrected chi connectivity index (χ1v) is 5.43. The lowest BCUT2D eigenvalue weighted by Crippen LogP contribution is -2.04. The molecule has 0 atom stereocenters. The van der Waals surface area contributed by atoms with Gasteiger partial charge in [-0.05, 0) is 25.0 Å². The van der Waals surface area contributed by atoms with Crippen molar-refractivity contribution in [1.82, 2.24) is 15.1 Å². The molecule has 0 fully saturated rings. The van der Waals surface area contributed by atoms with Crippen LogP contribution in [0, 0.1) is 13.8 Å². The van der Waals surface area contributed by atoms with Crippen LogP contribution < -0.4 is 0 Å². The molecule has 0 bridgehead atoms. The van der Waals surface area contributed by atoms with Crippen molar-refractivity contribution >= 4 is 5.97 Å². The minimum absolute atomic E-state index is 0.0333. The molecule has 0 amide bonds. The van der Waals surface area contributed by atoms with E-state index in [9.17, 15) is 4.79 Å². The molecule has 0 aliphatic rings. The predicted octanol–water partition coefficient (Wildman–Crippen LogP) is 1.46. The second-order valence-corrected chi connectivity index (χ2v) is 3.94. The Morgan fingerprint density at radius 3 is 2.89 bits per heavy atom. The highest BCUT2D eigenvalue weighted by Crippen LogP contribution is 2.18. The maximum Gasteiger partial charge on any atom is 0.315 e. The van der Waals surface area contributed by atoms with E-state index in [2.05, 4.69) is 19.9 Å². The van der Waals surface area contributed by atoms with Gasteiger partial charge >= 0.3 is 5.97 Å². The van der Waals surface area contributed by atoms with Gasteiger partial charge in [-0.2, -0.15) is 4.98 Å². The summed E-state index contributed by atoms with van der Waals surface area (Å²) in [6.45, 7) is 3.88. The summed E-state index contributed by atoms with van der Waals surface area (Å²) in [5.74, 6) is 0.184. The summed E-state index contributed by atoms with van der Waals surface area (Å²) in [5.41, 5.74) is 2.68. The number of carbonyl (C=O) groups is 1. The first kappa shape index (κ1) is 12.2. The highest BCUT2D eigenvalue weighted by Gasteiger charge is 2.14.